The van der Waals surface area contributed by atoms with E-state index in [0.717, 1.165) is 31.2 Å². The van der Waals surface area contributed by atoms with Gasteiger partial charge in [0.2, 0.25) is 10.0 Å². The smallest absolute Gasteiger partial charge is 0.258 e. The third-order valence-electron chi connectivity index (χ3n) is 5.15. The minimum atomic E-state index is -3.55. The molecule has 0 atom stereocenters. The number of nitrogens with two attached hydrogens (primary N) is 1. The molecule has 7 nitrogen and oxygen atoms in total. The second-order valence-corrected chi connectivity index (χ2v) is 8.79. The van der Waals surface area contributed by atoms with Gasteiger partial charge in [-0.05, 0) is 37.5 Å². The van der Waals surface area contributed by atoms with Crippen LogP contribution in [0.25, 0.3) is 11.5 Å². The van der Waals surface area contributed by atoms with Gasteiger partial charge in [-0.1, -0.05) is 37.9 Å². The second-order valence-electron chi connectivity index (χ2n) is 6.85. The van der Waals surface area contributed by atoms with Crippen LogP contribution in [0.15, 0.2) is 27.6 Å². The summed E-state index contributed by atoms with van der Waals surface area (Å²) in [6, 6.07) is 4.99. The fraction of sp³-hybridized carbons (Fsp3) is 0.556. The summed E-state index contributed by atoms with van der Waals surface area (Å²) >= 11 is 0. The van der Waals surface area contributed by atoms with Gasteiger partial charge in [-0.2, -0.15) is 9.29 Å². The van der Waals surface area contributed by atoms with Crippen LogP contribution < -0.4 is 5.73 Å². The van der Waals surface area contributed by atoms with Crippen LogP contribution in [0, 0.1) is 6.92 Å². The standard InChI is InChI=1S/C18H26N4O3S.ClH/c1-4-22(5-2)26(23,24)14-9-8-13(3)15(12-14)16-20-17(21-25-16)18(19)10-6-7-11-18;/h8-9,12H,4-7,10-11,19H2,1-3H3;1H. The van der Waals surface area contributed by atoms with E-state index >= 15 is 0 Å². The highest BCUT2D eigenvalue weighted by Gasteiger charge is 2.36. The van der Waals surface area contributed by atoms with Crippen LogP contribution in [-0.2, 0) is 15.6 Å². The normalized spacial score (nSPS) is 16.5. The summed E-state index contributed by atoms with van der Waals surface area (Å²) in [5, 5.41) is 4.08. The third-order valence-corrected chi connectivity index (χ3v) is 7.20. The average molecular weight is 415 g/mol. The predicted molar refractivity (Wildman–Crippen MR) is 106 cm³/mol. The molecule has 2 aromatic rings. The average Bonchev–Trinajstić information content (AvgIpc) is 3.26. The Bertz CT molecular complexity index is 888. The van der Waals surface area contributed by atoms with Gasteiger partial charge in [0.25, 0.3) is 5.89 Å². The molecule has 150 valence electrons. The number of hydrogen-bond acceptors (Lipinski definition) is 6. The Morgan fingerprint density at radius 1 is 1.22 bits per heavy atom. The molecule has 1 saturated carbocycles. The molecule has 0 spiro atoms. The maximum absolute atomic E-state index is 12.8. The SMILES string of the molecule is CCN(CC)S(=O)(=O)c1ccc(C)c(-c2nc(C3(N)CCCC3)no2)c1.Cl. The van der Waals surface area contributed by atoms with Gasteiger partial charge in [0.05, 0.1) is 10.4 Å². The van der Waals surface area contributed by atoms with Crippen molar-refractivity contribution >= 4 is 22.4 Å². The molecular weight excluding hydrogens is 388 g/mol. The van der Waals surface area contributed by atoms with Crippen LogP contribution in [0.2, 0.25) is 0 Å². The number of halogens is 1. The van der Waals surface area contributed by atoms with Crippen molar-refractivity contribution in [3.63, 3.8) is 0 Å². The first kappa shape index (κ1) is 21.8. The Labute approximate surface area is 166 Å². The zero-order chi connectivity index (χ0) is 18.9. The zero-order valence-electron chi connectivity index (χ0n) is 15.9. The molecule has 0 aliphatic heterocycles. The molecular formula is C18H27ClN4O3S. The lowest BCUT2D eigenvalue weighted by Crippen LogP contribution is -2.34. The van der Waals surface area contributed by atoms with E-state index in [2.05, 4.69) is 10.1 Å². The number of benzene rings is 1. The molecule has 9 heteroatoms. The Balaban J connectivity index is 0.00000261. The van der Waals surface area contributed by atoms with Gasteiger partial charge in [0, 0.05) is 18.7 Å². The topological polar surface area (TPSA) is 102 Å². The summed E-state index contributed by atoms with van der Waals surface area (Å²) < 4.78 is 32.5. The molecule has 0 unspecified atom stereocenters. The zero-order valence-corrected chi connectivity index (χ0v) is 17.6. The van der Waals surface area contributed by atoms with Gasteiger partial charge in [0.1, 0.15) is 0 Å². The number of aryl methyl sites for hydroxylation is 1. The lowest BCUT2D eigenvalue weighted by atomic mass is 9.98. The van der Waals surface area contributed by atoms with Crippen LogP contribution in [0.4, 0.5) is 0 Å². The van der Waals surface area contributed by atoms with E-state index in [1.807, 2.05) is 20.8 Å². The first-order chi connectivity index (χ1) is 12.3. The van der Waals surface area contributed by atoms with Gasteiger partial charge in [-0.25, -0.2) is 8.42 Å². The van der Waals surface area contributed by atoms with E-state index in [1.165, 1.54) is 4.31 Å². The van der Waals surface area contributed by atoms with Crippen LogP contribution >= 0.6 is 12.4 Å². The van der Waals surface area contributed by atoms with Crippen molar-refractivity contribution in [2.45, 2.75) is 56.9 Å². The Morgan fingerprint density at radius 3 is 2.44 bits per heavy atom. The minimum Gasteiger partial charge on any atom is -0.334 e. The van der Waals surface area contributed by atoms with E-state index in [0.29, 0.717) is 30.4 Å². The predicted octanol–water partition coefficient (Wildman–Crippen LogP) is 3.23. The van der Waals surface area contributed by atoms with E-state index < -0.39 is 15.6 Å². The Morgan fingerprint density at radius 2 is 1.85 bits per heavy atom. The highest BCUT2D eigenvalue weighted by Crippen LogP contribution is 2.36. The molecule has 27 heavy (non-hydrogen) atoms. The summed E-state index contributed by atoms with van der Waals surface area (Å²) in [7, 11) is -3.55. The molecule has 1 aromatic heterocycles. The fourth-order valence-corrected chi connectivity index (χ4v) is 4.95. The van der Waals surface area contributed by atoms with Gasteiger partial charge < -0.3 is 10.3 Å². The van der Waals surface area contributed by atoms with Crippen molar-refractivity contribution in [2.75, 3.05) is 13.1 Å². The molecule has 0 bridgehead atoms. The van der Waals surface area contributed by atoms with Crippen molar-refractivity contribution in [1.29, 1.82) is 0 Å². The van der Waals surface area contributed by atoms with Crippen molar-refractivity contribution in [2.24, 2.45) is 5.73 Å². The number of nitrogens with zero attached hydrogens (tertiary/aromatic N) is 3. The molecule has 1 fully saturated rings. The molecule has 3 rings (SSSR count). The van der Waals surface area contributed by atoms with Gasteiger partial charge in [-0.3, -0.25) is 0 Å². The van der Waals surface area contributed by atoms with Crippen molar-refractivity contribution in [1.82, 2.24) is 14.4 Å². The van der Waals surface area contributed by atoms with E-state index in [4.69, 9.17) is 10.3 Å². The van der Waals surface area contributed by atoms with E-state index in [1.54, 1.807) is 18.2 Å². The third kappa shape index (κ3) is 4.03. The number of rotatable bonds is 6. The molecule has 1 aliphatic rings. The molecule has 1 aliphatic carbocycles. The van der Waals surface area contributed by atoms with Crippen LogP contribution in [0.3, 0.4) is 0 Å². The quantitative estimate of drug-likeness (QED) is 0.778. The summed E-state index contributed by atoms with van der Waals surface area (Å²) in [6.07, 6.45) is 3.77. The Kier molecular flexibility index (Phi) is 6.68. The summed E-state index contributed by atoms with van der Waals surface area (Å²) in [5.74, 6) is 0.812. The Hall–Kier alpha value is -1.48. The molecule has 1 heterocycles. The summed E-state index contributed by atoms with van der Waals surface area (Å²) in [6.45, 7) is 6.37. The first-order valence-electron chi connectivity index (χ1n) is 9.06. The van der Waals surface area contributed by atoms with Gasteiger partial charge >= 0.3 is 0 Å². The minimum absolute atomic E-state index is 0. The summed E-state index contributed by atoms with van der Waals surface area (Å²) in [5.41, 5.74) is 7.35. The lowest BCUT2D eigenvalue weighted by molar-refractivity contribution is 0.372. The number of aromatic nitrogens is 2. The monoisotopic (exact) mass is 414 g/mol. The number of sulfonamides is 1. The van der Waals surface area contributed by atoms with Crippen LogP contribution in [0.1, 0.15) is 50.9 Å². The molecule has 1 aromatic carbocycles. The maximum Gasteiger partial charge on any atom is 0.258 e. The van der Waals surface area contributed by atoms with Crippen LogP contribution in [0.5, 0.6) is 0 Å². The summed E-state index contributed by atoms with van der Waals surface area (Å²) in [4.78, 5) is 4.72. The van der Waals surface area contributed by atoms with E-state index in [-0.39, 0.29) is 17.3 Å². The first-order valence-corrected chi connectivity index (χ1v) is 10.5. The largest absolute Gasteiger partial charge is 0.334 e. The van der Waals surface area contributed by atoms with Crippen molar-refractivity contribution in [3.8, 4) is 11.5 Å². The molecule has 0 radical (unpaired) electrons. The molecule has 0 saturated heterocycles. The van der Waals surface area contributed by atoms with Gasteiger partial charge in [0.15, 0.2) is 5.82 Å². The van der Waals surface area contributed by atoms with Gasteiger partial charge in [-0.15, -0.1) is 12.4 Å². The maximum atomic E-state index is 12.8. The van der Waals surface area contributed by atoms with Crippen molar-refractivity contribution in [3.05, 3.63) is 29.6 Å². The highest BCUT2D eigenvalue weighted by molar-refractivity contribution is 7.89. The second kappa shape index (κ2) is 8.26. The highest BCUT2D eigenvalue weighted by atomic mass is 35.5. The fourth-order valence-electron chi connectivity index (χ4n) is 3.47. The molecule has 2 N–H and O–H groups in total. The lowest BCUT2D eigenvalue weighted by Gasteiger charge is -2.19. The van der Waals surface area contributed by atoms with Crippen LogP contribution in [-0.4, -0.2) is 36.0 Å². The van der Waals surface area contributed by atoms with E-state index in [9.17, 15) is 8.42 Å². The van der Waals surface area contributed by atoms with Crippen molar-refractivity contribution < 1.29 is 12.9 Å². The number of hydrogen-bond donors (Lipinski definition) is 1. The molecule has 0 amide bonds.